The van der Waals surface area contributed by atoms with E-state index in [0.29, 0.717) is 6.54 Å². The van der Waals surface area contributed by atoms with Gasteiger partial charge in [0.1, 0.15) is 5.76 Å². The third-order valence-electron chi connectivity index (χ3n) is 3.53. The van der Waals surface area contributed by atoms with E-state index < -0.39 is 0 Å². The molecule has 0 radical (unpaired) electrons. The normalized spacial score (nSPS) is 11.7. The van der Waals surface area contributed by atoms with Crippen LogP contribution in [0.5, 0.6) is 0 Å². The fourth-order valence-corrected chi connectivity index (χ4v) is 3.04. The van der Waals surface area contributed by atoms with Crippen LogP contribution in [-0.2, 0) is 12.0 Å². The molecule has 0 aliphatic carbocycles. The summed E-state index contributed by atoms with van der Waals surface area (Å²) < 4.78 is 6.43. The molecule has 0 bridgehead atoms. The minimum atomic E-state index is -0.0254. The van der Waals surface area contributed by atoms with Crippen LogP contribution in [0.2, 0.25) is 0 Å². The van der Waals surface area contributed by atoms with E-state index in [0.717, 1.165) is 22.7 Å². The average molecular weight is 492 g/mol. The number of hydrogen-bond acceptors (Lipinski definition) is 2. The molecule has 23 heavy (non-hydrogen) atoms. The van der Waals surface area contributed by atoms with Crippen LogP contribution in [0.25, 0.3) is 0 Å². The molecule has 2 aromatic rings. The molecule has 0 aliphatic heterocycles. The first-order valence-corrected chi connectivity index (χ1v) is 8.04. The Morgan fingerprint density at radius 2 is 1.91 bits per heavy atom. The van der Waals surface area contributed by atoms with Gasteiger partial charge in [0.15, 0.2) is 5.96 Å². The van der Waals surface area contributed by atoms with Crippen LogP contribution < -0.4 is 10.6 Å². The smallest absolute Gasteiger partial charge is 0.191 e. The zero-order valence-corrected chi connectivity index (χ0v) is 17.5. The Balaban J connectivity index is 0.00000264. The molecule has 0 amide bonds. The zero-order chi connectivity index (χ0) is 16.0. The number of benzene rings is 1. The lowest BCUT2D eigenvalue weighted by Crippen LogP contribution is -2.43. The highest BCUT2D eigenvalue weighted by atomic mass is 127. The second-order valence-corrected chi connectivity index (χ2v) is 6.58. The fourth-order valence-electron chi connectivity index (χ4n) is 2.21. The Labute approximate surface area is 163 Å². The van der Waals surface area contributed by atoms with Gasteiger partial charge >= 0.3 is 0 Å². The molecular weight excluding hydrogens is 469 g/mol. The molecule has 1 aromatic carbocycles. The summed E-state index contributed by atoms with van der Waals surface area (Å²) in [6.07, 6.45) is 1.67. The van der Waals surface area contributed by atoms with Gasteiger partial charge in [-0.2, -0.15) is 0 Å². The van der Waals surface area contributed by atoms with Crippen LogP contribution in [-0.4, -0.2) is 19.6 Å². The quantitative estimate of drug-likeness (QED) is 0.372. The summed E-state index contributed by atoms with van der Waals surface area (Å²) in [4.78, 5) is 4.25. The maximum Gasteiger partial charge on any atom is 0.191 e. The van der Waals surface area contributed by atoms with E-state index in [1.165, 1.54) is 5.56 Å². The Morgan fingerprint density at radius 1 is 1.17 bits per heavy atom. The molecule has 1 aromatic heterocycles. The van der Waals surface area contributed by atoms with Crippen molar-refractivity contribution >= 4 is 45.9 Å². The Morgan fingerprint density at radius 3 is 2.52 bits per heavy atom. The summed E-state index contributed by atoms with van der Waals surface area (Å²) in [5, 5.41) is 6.62. The molecular formula is C17H23BrIN3O. The lowest BCUT2D eigenvalue weighted by atomic mass is 9.84. The number of rotatable bonds is 5. The fraction of sp³-hybridized carbons (Fsp3) is 0.353. The minimum Gasteiger partial charge on any atom is -0.467 e. The predicted octanol–water partition coefficient (Wildman–Crippen LogP) is 4.30. The second kappa shape index (κ2) is 9.32. The van der Waals surface area contributed by atoms with Crippen molar-refractivity contribution in [2.75, 3.05) is 13.6 Å². The van der Waals surface area contributed by atoms with Crippen LogP contribution >= 0.6 is 39.9 Å². The molecule has 1 heterocycles. The van der Waals surface area contributed by atoms with Gasteiger partial charge < -0.3 is 15.1 Å². The van der Waals surface area contributed by atoms with E-state index in [4.69, 9.17) is 4.42 Å². The highest BCUT2D eigenvalue weighted by molar-refractivity contribution is 14.0. The van der Waals surface area contributed by atoms with Crippen molar-refractivity contribution in [2.45, 2.75) is 25.8 Å². The van der Waals surface area contributed by atoms with Crippen LogP contribution in [0, 0.1) is 0 Å². The molecule has 2 rings (SSSR count). The number of nitrogens with zero attached hydrogens (tertiary/aromatic N) is 1. The van der Waals surface area contributed by atoms with Crippen LogP contribution in [0.15, 0.2) is 56.5 Å². The molecule has 0 aliphatic rings. The van der Waals surface area contributed by atoms with Crippen molar-refractivity contribution in [3.05, 3.63) is 58.5 Å². The molecule has 0 saturated carbocycles. The summed E-state index contributed by atoms with van der Waals surface area (Å²) in [5.41, 5.74) is 1.24. The second-order valence-electron chi connectivity index (χ2n) is 5.72. The number of hydrogen-bond donors (Lipinski definition) is 2. The number of aliphatic imine (C=N–C) groups is 1. The molecule has 0 atom stereocenters. The van der Waals surface area contributed by atoms with E-state index in [1.807, 2.05) is 18.2 Å². The first-order chi connectivity index (χ1) is 10.5. The third kappa shape index (κ3) is 5.84. The van der Waals surface area contributed by atoms with E-state index >= 15 is 0 Å². The maximum atomic E-state index is 5.31. The molecule has 0 fully saturated rings. The molecule has 6 heteroatoms. The van der Waals surface area contributed by atoms with Crippen molar-refractivity contribution in [1.29, 1.82) is 0 Å². The van der Waals surface area contributed by atoms with Crippen molar-refractivity contribution in [1.82, 2.24) is 10.6 Å². The summed E-state index contributed by atoms with van der Waals surface area (Å²) in [6.45, 7) is 5.80. The van der Waals surface area contributed by atoms with Gasteiger partial charge in [-0.3, -0.25) is 4.99 Å². The molecule has 126 valence electrons. The SMILES string of the molecule is CN=C(NCc1ccco1)NCC(C)(C)c1ccccc1Br.I. The highest BCUT2D eigenvalue weighted by Gasteiger charge is 2.23. The minimum absolute atomic E-state index is 0. The van der Waals surface area contributed by atoms with Crippen LogP contribution in [0.1, 0.15) is 25.2 Å². The van der Waals surface area contributed by atoms with E-state index in [9.17, 15) is 0 Å². The monoisotopic (exact) mass is 491 g/mol. The van der Waals surface area contributed by atoms with E-state index in [2.05, 4.69) is 63.6 Å². The van der Waals surface area contributed by atoms with Gasteiger partial charge in [-0.05, 0) is 23.8 Å². The number of furan rings is 1. The van der Waals surface area contributed by atoms with Crippen LogP contribution in [0.3, 0.4) is 0 Å². The number of guanidine groups is 1. The van der Waals surface area contributed by atoms with Crippen molar-refractivity contribution < 1.29 is 4.42 Å². The molecule has 4 nitrogen and oxygen atoms in total. The van der Waals surface area contributed by atoms with Gasteiger partial charge in [0.05, 0.1) is 12.8 Å². The topological polar surface area (TPSA) is 49.6 Å². The van der Waals surface area contributed by atoms with Gasteiger partial charge in [0.2, 0.25) is 0 Å². The first kappa shape index (κ1) is 20.0. The largest absolute Gasteiger partial charge is 0.467 e. The van der Waals surface area contributed by atoms with E-state index in [1.54, 1.807) is 13.3 Å². The van der Waals surface area contributed by atoms with Crippen molar-refractivity contribution in [3.8, 4) is 0 Å². The number of nitrogens with one attached hydrogen (secondary N) is 2. The summed E-state index contributed by atoms with van der Waals surface area (Å²) in [7, 11) is 1.77. The maximum absolute atomic E-state index is 5.31. The van der Waals surface area contributed by atoms with Gasteiger partial charge in [-0.1, -0.05) is 48.0 Å². The van der Waals surface area contributed by atoms with Gasteiger partial charge in [0, 0.05) is 23.5 Å². The average Bonchev–Trinajstić information content (AvgIpc) is 3.01. The molecule has 0 spiro atoms. The lowest BCUT2D eigenvalue weighted by Gasteiger charge is -2.27. The Kier molecular flexibility index (Phi) is 8.11. The van der Waals surface area contributed by atoms with E-state index in [-0.39, 0.29) is 29.4 Å². The van der Waals surface area contributed by atoms with Crippen LogP contribution in [0.4, 0.5) is 0 Å². The molecule has 0 saturated heterocycles. The molecule has 0 unspecified atom stereocenters. The first-order valence-electron chi connectivity index (χ1n) is 7.25. The van der Waals surface area contributed by atoms with Crippen molar-refractivity contribution in [3.63, 3.8) is 0 Å². The van der Waals surface area contributed by atoms with Crippen molar-refractivity contribution in [2.24, 2.45) is 4.99 Å². The van der Waals surface area contributed by atoms with Gasteiger partial charge in [-0.15, -0.1) is 24.0 Å². The molecule has 2 N–H and O–H groups in total. The lowest BCUT2D eigenvalue weighted by molar-refractivity contribution is 0.491. The zero-order valence-electron chi connectivity index (χ0n) is 13.6. The van der Waals surface area contributed by atoms with Gasteiger partial charge in [0.25, 0.3) is 0 Å². The number of halogens is 2. The summed E-state index contributed by atoms with van der Waals surface area (Å²) >= 11 is 3.63. The predicted molar refractivity (Wildman–Crippen MR) is 109 cm³/mol. The Hall–Kier alpha value is -1.02. The third-order valence-corrected chi connectivity index (χ3v) is 4.23. The standard InChI is InChI=1S/C17H22BrN3O.HI/c1-17(2,14-8-4-5-9-15(14)18)12-21-16(19-3)20-11-13-7-6-10-22-13;/h4-10H,11-12H2,1-3H3,(H2,19,20,21);1H. The van der Waals surface area contributed by atoms with Gasteiger partial charge in [-0.25, -0.2) is 0 Å². The summed E-state index contributed by atoms with van der Waals surface area (Å²) in [6, 6.07) is 12.1. The highest BCUT2D eigenvalue weighted by Crippen LogP contribution is 2.29. The summed E-state index contributed by atoms with van der Waals surface area (Å²) in [5.74, 6) is 1.64. The Bertz CT molecular complexity index is 627.